The number of hydrogen-bond acceptors (Lipinski definition) is 4. The van der Waals surface area contributed by atoms with Crippen molar-refractivity contribution in [3.63, 3.8) is 0 Å². The number of carbonyl (C=O) groups excluding carboxylic acids is 1. The Kier molecular flexibility index (Phi) is 7.09. The molecular formula is C25H25N2O2S+. The summed E-state index contributed by atoms with van der Waals surface area (Å²) in [7, 11) is 3.95. The van der Waals surface area contributed by atoms with Gasteiger partial charge >= 0.3 is 5.97 Å². The van der Waals surface area contributed by atoms with Crippen LogP contribution in [0.25, 0.3) is 6.08 Å². The van der Waals surface area contributed by atoms with Crippen molar-refractivity contribution in [3.05, 3.63) is 107 Å². The predicted octanol–water partition coefficient (Wildman–Crippen LogP) is 4.15. The maximum atomic E-state index is 12.4. The molecular weight excluding hydrogens is 392 g/mol. The minimum atomic E-state index is -0.352. The summed E-state index contributed by atoms with van der Waals surface area (Å²) >= 11 is 5.71. The van der Waals surface area contributed by atoms with Crippen LogP contribution < -0.4 is 4.57 Å². The molecule has 1 aromatic rings. The maximum Gasteiger partial charge on any atom is 0.338 e. The normalized spacial score (nSPS) is 17.4. The first-order chi connectivity index (χ1) is 14.5. The largest absolute Gasteiger partial charge is 0.462 e. The second-order valence-corrected chi connectivity index (χ2v) is 7.37. The number of thiocarbonyl (C=S) groups is 1. The van der Waals surface area contributed by atoms with Crippen molar-refractivity contribution < 1.29 is 14.1 Å². The van der Waals surface area contributed by atoms with E-state index in [1.807, 2.05) is 96.9 Å². The van der Waals surface area contributed by atoms with Crippen LogP contribution in [0.3, 0.4) is 0 Å². The van der Waals surface area contributed by atoms with Gasteiger partial charge in [-0.1, -0.05) is 36.5 Å². The van der Waals surface area contributed by atoms with E-state index >= 15 is 0 Å². The molecule has 0 fully saturated rings. The maximum absolute atomic E-state index is 12.4. The fraction of sp³-hybridized carbons (Fsp3) is 0.160. The average Bonchev–Trinajstić information content (AvgIpc) is 2.74. The van der Waals surface area contributed by atoms with E-state index < -0.39 is 0 Å². The number of ether oxygens (including phenoxy) is 1. The summed E-state index contributed by atoms with van der Waals surface area (Å²) < 4.78 is 7.18. The lowest BCUT2D eigenvalue weighted by atomic mass is 9.93. The number of hydrogen-bond donors (Lipinski definition) is 0. The van der Waals surface area contributed by atoms with Crippen LogP contribution in [-0.4, -0.2) is 29.4 Å². The molecule has 0 saturated carbocycles. The van der Waals surface area contributed by atoms with Crippen LogP contribution in [0.1, 0.15) is 12.5 Å². The molecule has 1 aliphatic heterocycles. The first kappa shape index (κ1) is 21.4. The Morgan fingerprint density at radius 1 is 1.13 bits per heavy atom. The SMILES string of the molecule is CCOC(=O)C1=C/C(=C\C=C2C=CN(C)C=C2)C(=S)C(/C=C/c2cc[n+](C)cc2)=C1. The number of nitrogens with zero attached hydrogens (tertiary/aromatic N) is 2. The van der Waals surface area contributed by atoms with Crippen LogP contribution >= 0.6 is 12.2 Å². The number of aryl methyl sites for hydroxylation is 1. The molecule has 0 atom stereocenters. The monoisotopic (exact) mass is 417 g/mol. The summed E-state index contributed by atoms with van der Waals surface area (Å²) in [6, 6.07) is 4.04. The fourth-order valence-corrected chi connectivity index (χ4v) is 3.13. The van der Waals surface area contributed by atoms with Gasteiger partial charge in [-0.25, -0.2) is 9.36 Å². The highest BCUT2D eigenvalue weighted by atomic mass is 32.1. The standard InChI is InChI=1S/C25H25N2O2S/c1-4-29-25(28)23-17-21(7-5-19-9-13-26(2)14-10-19)24(30)22(18-23)8-6-20-11-15-27(3)16-12-20/h5-18H,4H2,1-3H3/q+1. The Morgan fingerprint density at radius 2 is 1.83 bits per heavy atom. The number of rotatable bonds is 5. The van der Waals surface area contributed by atoms with Gasteiger partial charge in [0, 0.05) is 31.6 Å². The molecule has 0 spiro atoms. The minimum absolute atomic E-state index is 0.326. The van der Waals surface area contributed by atoms with E-state index in [9.17, 15) is 4.79 Å². The van der Waals surface area contributed by atoms with Crippen molar-refractivity contribution in [1.29, 1.82) is 0 Å². The molecule has 30 heavy (non-hydrogen) atoms. The molecule has 3 rings (SSSR count). The first-order valence-electron chi connectivity index (χ1n) is 9.75. The fourth-order valence-electron chi connectivity index (χ4n) is 2.87. The number of aromatic nitrogens is 1. The molecule has 0 N–H and O–H groups in total. The summed E-state index contributed by atoms with van der Waals surface area (Å²) in [6.07, 6.45) is 23.4. The third-order valence-corrected chi connectivity index (χ3v) is 5.05. The number of pyridine rings is 1. The zero-order chi connectivity index (χ0) is 21.5. The van der Waals surface area contributed by atoms with Crippen LogP contribution in [-0.2, 0) is 16.6 Å². The van der Waals surface area contributed by atoms with Crippen LogP contribution in [0.2, 0.25) is 0 Å². The smallest absolute Gasteiger partial charge is 0.338 e. The number of esters is 1. The average molecular weight is 418 g/mol. The van der Waals surface area contributed by atoms with Crippen LogP contribution in [0.5, 0.6) is 0 Å². The molecule has 0 bridgehead atoms. The van der Waals surface area contributed by atoms with Crippen molar-refractivity contribution in [2.75, 3.05) is 13.7 Å². The Morgan fingerprint density at radius 3 is 2.50 bits per heavy atom. The molecule has 0 amide bonds. The summed E-state index contributed by atoms with van der Waals surface area (Å²) in [6.45, 7) is 2.12. The zero-order valence-electron chi connectivity index (χ0n) is 17.4. The zero-order valence-corrected chi connectivity index (χ0v) is 18.2. The van der Waals surface area contributed by atoms with Crippen LogP contribution in [0, 0.1) is 0 Å². The van der Waals surface area contributed by atoms with Gasteiger partial charge in [-0.3, -0.25) is 0 Å². The Hall–Kier alpha value is -3.31. The third kappa shape index (κ3) is 5.61. The molecule has 1 aromatic heterocycles. The molecule has 2 aliphatic rings. The molecule has 152 valence electrons. The Balaban J connectivity index is 1.92. The van der Waals surface area contributed by atoms with Gasteiger partial charge in [0.2, 0.25) is 0 Å². The molecule has 1 aliphatic carbocycles. The Bertz CT molecular complexity index is 1040. The van der Waals surface area contributed by atoms with Crippen molar-refractivity contribution in [2.45, 2.75) is 6.92 Å². The quantitative estimate of drug-likeness (QED) is 0.312. The predicted molar refractivity (Wildman–Crippen MR) is 124 cm³/mol. The van der Waals surface area contributed by atoms with E-state index in [0.717, 1.165) is 22.3 Å². The van der Waals surface area contributed by atoms with E-state index in [-0.39, 0.29) is 5.97 Å². The molecule has 0 aromatic carbocycles. The van der Waals surface area contributed by atoms with Crippen LogP contribution in [0.15, 0.2) is 102 Å². The summed E-state index contributed by atoms with van der Waals surface area (Å²) in [5.74, 6) is -0.352. The molecule has 0 radical (unpaired) electrons. The van der Waals surface area contributed by atoms with Crippen molar-refractivity contribution >= 4 is 29.1 Å². The molecule has 4 nitrogen and oxygen atoms in total. The van der Waals surface area contributed by atoms with Gasteiger partial charge in [0.25, 0.3) is 0 Å². The topological polar surface area (TPSA) is 33.4 Å². The molecule has 2 heterocycles. The summed E-state index contributed by atoms with van der Waals surface area (Å²) in [5.41, 5.74) is 4.21. The van der Waals surface area contributed by atoms with Gasteiger partial charge in [0.05, 0.1) is 17.0 Å². The van der Waals surface area contributed by atoms with Crippen molar-refractivity contribution in [3.8, 4) is 0 Å². The lowest BCUT2D eigenvalue weighted by Gasteiger charge is -2.15. The molecule has 0 unspecified atom stereocenters. The van der Waals surface area contributed by atoms with Gasteiger partial charge < -0.3 is 9.64 Å². The van der Waals surface area contributed by atoms with E-state index in [1.165, 1.54) is 0 Å². The number of allylic oxidation sites excluding steroid dienone is 9. The molecule has 5 heteroatoms. The second-order valence-electron chi connectivity index (χ2n) is 6.96. The van der Waals surface area contributed by atoms with E-state index in [4.69, 9.17) is 17.0 Å². The van der Waals surface area contributed by atoms with Gasteiger partial charge in [-0.15, -0.1) is 0 Å². The molecule has 0 saturated heterocycles. The Labute approximate surface area is 183 Å². The van der Waals surface area contributed by atoms with Gasteiger partial charge in [0.15, 0.2) is 12.4 Å². The van der Waals surface area contributed by atoms with Gasteiger partial charge in [-0.05, 0) is 53.5 Å². The lowest BCUT2D eigenvalue weighted by molar-refractivity contribution is -0.671. The van der Waals surface area contributed by atoms with Crippen molar-refractivity contribution in [1.82, 2.24) is 4.90 Å². The second kappa shape index (κ2) is 9.94. The third-order valence-electron chi connectivity index (χ3n) is 4.58. The lowest BCUT2D eigenvalue weighted by Crippen LogP contribution is -2.25. The summed E-state index contributed by atoms with van der Waals surface area (Å²) in [4.78, 5) is 15.0. The van der Waals surface area contributed by atoms with E-state index in [1.54, 1.807) is 19.1 Å². The van der Waals surface area contributed by atoms with Gasteiger partial charge in [-0.2, -0.15) is 0 Å². The first-order valence-corrected chi connectivity index (χ1v) is 10.2. The van der Waals surface area contributed by atoms with E-state index in [2.05, 4.69) is 0 Å². The minimum Gasteiger partial charge on any atom is -0.462 e. The van der Waals surface area contributed by atoms with Crippen LogP contribution in [0.4, 0.5) is 0 Å². The number of carbonyl (C=O) groups is 1. The van der Waals surface area contributed by atoms with E-state index in [0.29, 0.717) is 17.0 Å². The summed E-state index contributed by atoms with van der Waals surface area (Å²) in [5, 5.41) is 0. The highest BCUT2D eigenvalue weighted by Gasteiger charge is 2.18. The van der Waals surface area contributed by atoms with Gasteiger partial charge in [0.1, 0.15) is 7.05 Å². The highest BCUT2D eigenvalue weighted by molar-refractivity contribution is 7.81. The van der Waals surface area contributed by atoms with Crippen molar-refractivity contribution in [2.24, 2.45) is 7.05 Å². The highest BCUT2D eigenvalue weighted by Crippen LogP contribution is 2.24.